The van der Waals surface area contributed by atoms with Crippen molar-refractivity contribution in [1.82, 2.24) is 10.2 Å². The number of amides is 1. The topological polar surface area (TPSA) is 32.3 Å². The number of piperidine rings is 1. The summed E-state index contributed by atoms with van der Waals surface area (Å²) in [5, 5.41) is 2.84. The van der Waals surface area contributed by atoms with Gasteiger partial charge in [-0.15, -0.1) is 6.42 Å². The van der Waals surface area contributed by atoms with E-state index < -0.39 is 12.1 Å². The van der Waals surface area contributed by atoms with E-state index in [2.05, 4.69) is 16.1 Å². The number of nitrogens with one attached hydrogen (secondary N) is 1. The number of likely N-dealkylation sites (tertiary alicyclic amines) is 1. The molecule has 0 bridgehead atoms. The fraction of sp³-hybridized carbons (Fsp3) is 0.812. The fourth-order valence-electron chi connectivity index (χ4n) is 3.42. The van der Waals surface area contributed by atoms with Crippen LogP contribution in [0.5, 0.6) is 0 Å². The molecular weight excluding hydrogens is 293 g/mol. The molecule has 2 rings (SSSR count). The van der Waals surface area contributed by atoms with Crippen LogP contribution in [0.2, 0.25) is 0 Å². The first-order chi connectivity index (χ1) is 10.4. The number of terminal acetylenes is 1. The van der Waals surface area contributed by atoms with Crippen LogP contribution in [0, 0.1) is 24.2 Å². The predicted octanol–water partition coefficient (Wildman–Crippen LogP) is 2.57. The van der Waals surface area contributed by atoms with E-state index in [0.717, 1.165) is 25.9 Å². The van der Waals surface area contributed by atoms with E-state index in [9.17, 15) is 18.0 Å². The average molecular weight is 316 g/mol. The number of rotatable bonds is 3. The van der Waals surface area contributed by atoms with Crippen LogP contribution < -0.4 is 5.32 Å². The second-order valence-corrected chi connectivity index (χ2v) is 6.37. The van der Waals surface area contributed by atoms with Crippen molar-refractivity contribution >= 4 is 5.91 Å². The van der Waals surface area contributed by atoms with Gasteiger partial charge in [0.2, 0.25) is 5.91 Å². The summed E-state index contributed by atoms with van der Waals surface area (Å²) in [6, 6.07) is -0.336. The van der Waals surface area contributed by atoms with E-state index in [1.165, 1.54) is 0 Å². The van der Waals surface area contributed by atoms with Crippen LogP contribution in [0.15, 0.2) is 0 Å². The summed E-state index contributed by atoms with van der Waals surface area (Å²) in [5.74, 6) is 1.12. The number of alkyl halides is 3. The van der Waals surface area contributed by atoms with Crippen molar-refractivity contribution in [1.29, 1.82) is 0 Å². The van der Waals surface area contributed by atoms with Gasteiger partial charge in [-0.2, -0.15) is 13.2 Å². The fourth-order valence-corrected chi connectivity index (χ4v) is 3.42. The number of hydrogen-bond acceptors (Lipinski definition) is 2. The molecule has 2 atom stereocenters. The third-order valence-corrected chi connectivity index (χ3v) is 4.76. The van der Waals surface area contributed by atoms with Gasteiger partial charge in [-0.3, -0.25) is 9.69 Å². The van der Waals surface area contributed by atoms with Gasteiger partial charge < -0.3 is 5.32 Å². The molecule has 0 aromatic carbocycles. The summed E-state index contributed by atoms with van der Waals surface area (Å²) in [6.07, 6.45) is 3.93. The van der Waals surface area contributed by atoms with Crippen LogP contribution in [0.1, 0.15) is 38.5 Å². The highest BCUT2D eigenvalue weighted by atomic mass is 19.4. The second-order valence-electron chi connectivity index (χ2n) is 6.37. The molecule has 0 unspecified atom stereocenters. The number of nitrogens with zero attached hydrogens (tertiary/aromatic N) is 1. The van der Waals surface area contributed by atoms with E-state index in [1.54, 1.807) is 0 Å². The first-order valence-corrected chi connectivity index (χ1v) is 7.93. The molecule has 0 spiro atoms. The molecule has 22 heavy (non-hydrogen) atoms. The highest BCUT2D eigenvalue weighted by Crippen LogP contribution is 2.37. The van der Waals surface area contributed by atoms with Crippen molar-refractivity contribution in [3.05, 3.63) is 0 Å². The van der Waals surface area contributed by atoms with Gasteiger partial charge >= 0.3 is 6.18 Å². The van der Waals surface area contributed by atoms with Crippen molar-refractivity contribution in [2.45, 2.75) is 50.7 Å². The lowest BCUT2D eigenvalue weighted by Crippen LogP contribution is -2.46. The largest absolute Gasteiger partial charge is 0.391 e. The molecule has 0 radical (unpaired) electrons. The Morgan fingerprint density at radius 2 is 1.91 bits per heavy atom. The first-order valence-electron chi connectivity index (χ1n) is 7.93. The quantitative estimate of drug-likeness (QED) is 0.812. The van der Waals surface area contributed by atoms with Crippen LogP contribution in [0.3, 0.4) is 0 Å². The summed E-state index contributed by atoms with van der Waals surface area (Å²) >= 11 is 0. The Balaban J connectivity index is 1.79. The first kappa shape index (κ1) is 17.1. The van der Waals surface area contributed by atoms with Gasteiger partial charge in [0.1, 0.15) is 0 Å². The Morgan fingerprint density at radius 1 is 1.23 bits per heavy atom. The minimum absolute atomic E-state index is 0.0190. The van der Waals surface area contributed by atoms with E-state index in [1.807, 2.05) is 0 Å². The number of hydrogen-bond donors (Lipinski definition) is 1. The Labute approximate surface area is 129 Å². The summed E-state index contributed by atoms with van der Waals surface area (Å²) < 4.78 is 38.4. The van der Waals surface area contributed by atoms with Gasteiger partial charge in [0.15, 0.2) is 0 Å². The van der Waals surface area contributed by atoms with Gasteiger partial charge in [-0.05, 0) is 45.2 Å². The molecule has 124 valence electrons. The van der Waals surface area contributed by atoms with Gasteiger partial charge in [-0.25, -0.2) is 0 Å². The number of halogens is 3. The van der Waals surface area contributed by atoms with Crippen molar-refractivity contribution in [3.63, 3.8) is 0 Å². The third-order valence-electron chi connectivity index (χ3n) is 4.76. The van der Waals surface area contributed by atoms with Gasteiger partial charge in [0.25, 0.3) is 0 Å². The molecule has 1 aliphatic carbocycles. The summed E-state index contributed by atoms with van der Waals surface area (Å²) in [5.41, 5.74) is 0. The van der Waals surface area contributed by atoms with Crippen LogP contribution in [-0.4, -0.2) is 42.7 Å². The maximum absolute atomic E-state index is 12.8. The highest BCUT2D eigenvalue weighted by molar-refractivity contribution is 5.79. The highest BCUT2D eigenvalue weighted by Gasteiger charge is 2.42. The lowest BCUT2D eigenvalue weighted by Gasteiger charge is -2.34. The Bertz CT molecular complexity index is 422. The maximum Gasteiger partial charge on any atom is 0.391 e. The Hall–Kier alpha value is -1.22. The van der Waals surface area contributed by atoms with Crippen LogP contribution in [-0.2, 0) is 4.79 Å². The Morgan fingerprint density at radius 3 is 2.50 bits per heavy atom. The summed E-state index contributed by atoms with van der Waals surface area (Å²) in [7, 11) is 0. The smallest absolute Gasteiger partial charge is 0.353 e. The molecule has 1 amide bonds. The zero-order chi connectivity index (χ0) is 16.2. The molecule has 6 heteroatoms. The zero-order valence-electron chi connectivity index (χ0n) is 12.7. The molecular formula is C16H23F3N2O. The van der Waals surface area contributed by atoms with Crippen LogP contribution >= 0.6 is 0 Å². The standard InChI is InChI=1S/C16H23F3N2O/c1-2-8-21-9-6-12(7-10-21)15(22)20-14-5-3-4-13(11-14)16(17,18)19/h1,12-14H,3-11H2,(H,20,22)/t13-,14+/m0/s1. The maximum atomic E-state index is 12.8. The van der Waals surface area contributed by atoms with Crippen LogP contribution in [0.4, 0.5) is 13.2 Å². The monoisotopic (exact) mass is 316 g/mol. The average Bonchev–Trinajstić information content (AvgIpc) is 2.48. The lowest BCUT2D eigenvalue weighted by molar-refractivity contribution is -0.184. The van der Waals surface area contributed by atoms with Crippen molar-refractivity contribution in [3.8, 4) is 12.3 Å². The molecule has 1 heterocycles. The summed E-state index contributed by atoms with van der Waals surface area (Å²) in [6.45, 7) is 2.14. The molecule has 2 fully saturated rings. The van der Waals surface area contributed by atoms with Crippen molar-refractivity contribution in [2.75, 3.05) is 19.6 Å². The van der Waals surface area contributed by atoms with Gasteiger partial charge in [0, 0.05) is 12.0 Å². The van der Waals surface area contributed by atoms with Crippen molar-refractivity contribution in [2.24, 2.45) is 11.8 Å². The minimum atomic E-state index is -4.15. The van der Waals surface area contributed by atoms with Crippen molar-refractivity contribution < 1.29 is 18.0 Å². The SMILES string of the molecule is C#CCN1CCC(C(=O)N[C@@H]2CCC[C@H](C(F)(F)F)C2)CC1. The van der Waals surface area contributed by atoms with Crippen LogP contribution in [0.25, 0.3) is 0 Å². The predicted molar refractivity (Wildman–Crippen MR) is 77.9 cm³/mol. The Kier molecular flexibility index (Phi) is 5.74. The molecule has 1 saturated carbocycles. The molecule has 2 aliphatic rings. The normalized spacial score (nSPS) is 28.1. The second kappa shape index (κ2) is 7.36. The molecule has 3 nitrogen and oxygen atoms in total. The number of carbonyl (C=O) groups is 1. The molecule has 0 aromatic heterocycles. The van der Waals surface area contributed by atoms with E-state index >= 15 is 0 Å². The van der Waals surface area contributed by atoms with E-state index in [4.69, 9.17) is 6.42 Å². The minimum Gasteiger partial charge on any atom is -0.353 e. The summed E-state index contributed by atoms with van der Waals surface area (Å²) in [4.78, 5) is 14.4. The number of carbonyl (C=O) groups excluding carboxylic acids is 1. The van der Waals surface area contributed by atoms with Gasteiger partial charge in [0.05, 0.1) is 12.5 Å². The lowest BCUT2D eigenvalue weighted by atomic mass is 9.84. The zero-order valence-corrected chi connectivity index (χ0v) is 12.7. The molecule has 0 aromatic rings. The molecule has 1 saturated heterocycles. The van der Waals surface area contributed by atoms with Gasteiger partial charge in [-0.1, -0.05) is 12.3 Å². The molecule has 1 N–H and O–H groups in total. The van der Waals surface area contributed by atoms with E-state index in [0.29, 0.717) is 19.4 Å². The van der Waals surface area contributed by atoms with E-state index in [-0.39, 0.29) is 30.7 Å². The third kappa shape index (κ3) is 4.64. The molecule has 1 aliphatic heterocycles.